The third-order valence-corrected chi connectivity index (χ3v) is 4.11. The van der Waals surface area contributed by atoms with Crippen LogP contribution in [0.2, 0.25) is 0 Å². The van der Waals surface area contributed by atoms with Crippen LogP contribution in [0, 0.1) is 13.8 Å². The predicted octanol–water partition coefficient (Wildman–Crippen LogP) is 3.61. The number of hydrogen-bond donors (Lipinski definition) is 0. The monoisotopic (exact) mass is 347 g/mol. The molecule has 0 bridgehead atoms. The standard InChI is InChI=1S/C19H17N5O2/c1-12-5-4-6-15(11-12)24-13(2)17(20-23-24)19-22-21-18(26-19)14-7-9-16(25-3)10-8-14/h4-11H,1-3H3. The lowest BCUT2D eigenvalue weighted by atomic mass is 10.2. The molecule has 0 aliphatic rings. The molecular weight excluding hydrogens is 330 g/mol. The van der Waals surface area contributed by atoms with Crippen molar-refractivity contribution in [2.24, 2.45) is 0 Å². The molecule has 0 atom stereocenters. The summed E-state index contributed by atoms with van der Waals surface area (Å²) in [7, 11) is 1.63. The molecule has 0 saturated carbocycles. The topological polar surface area (TPSA) is 78.9 Å². The van der Waals surface area contributed by atoms with Crippen LogP contribution in [-0.2, 0) is 0 Å². The third-order valence-electron chi connectivity index (χ3n) is 4.11. The highest BCUT2D eigenvalue weighted by Gasteiger charge is 2.18. The zero-order valence-corrected chi connectivity index (χ0v) is 14.7. The quantitative estimate of drug-likeness (QED) is 0.561. The molecule has 0 aliphatic heterocycles. The van der Waals surface area contributed by atoms with Gasteiger partial charge in [0.25, 0.3) is 5.89 Å². The van der Waals surface area contributed by atoms with Crippen LogP contribution < -0.4 is 4.74 Å². The molecule has 0 N–H and O–H groups in total. The molecule has 0 radical (unpaired) electrons. The van der Waals surface area contributed by atoms with Gasteiger partial charge in [0, 0.05) is 5.56 Å². The molecule has 0 unspecified atom stereocenters. The van der Waals surface area contributed by atoms with Gasteiger partial charge in [-0.2, -0.15) is 0 Å². The second kappa shape index (κ2) is 6.44. The zero-order chi connectivity index (χ0) is 18.1. The Balaban J connectivity index is 1.68. The van der Waals surface area contributed by atoms with Gasteiger partial charge in [0.05, 0.1) is 18.5 Å². The van der Waals surface area contributed by atoms with Crippen molar-refractivity contribution < 1.29 is 9.15 Å². The van der Waals surface area contributed by atoms with Crippen molar-refractivity contribution in [2.75, 3.05) is 7.11 Å². The maximum atomic E-state index is 5.80. The van der Waals surface area contributed by atoms with Crippen LogP contribution in [0.1, 0.15) is 11.3 Å². The van der Waals surface area contributed by atoms with Crippen LogP contribution in [0.15, 0.2) is 52.9 Å². The SMILES string of the molecule is COc1ccc(-c2nnc(-c3nnn(-c4cccc(C)c4)c3C)o2)cc1. The number of nitrogens with zero attached hydrogens (tertiary/aromatic N) is 5. The summed E-state index contributed by atoms with van der Waals surface area (Å²) in [6, 6.07) is 15.5. The number of benzene rings is 2. The van der Waals surface area contributed by atoms with E-state index in [-0.39, 0.29) is 0 Å². The van der Waals surface area contributed by atoms with Crippen LogP contribution in [0.5, 0.6) is 5.75 Å². The number of aromatic nitrogens is 5. The Bertz CT molecular complexity index is 1050. The molecule has 2 aromatic carbocycles. The van der Waals surface area contributed by atoms with E-state index in [9.17, 15) is 0 Å². The van der Waals surface area contributed by atoms with E-state index in [2.05, 4.69) is 20.5 Å². The van der Waals surface area contributed by atoms with Gasteiger partial charge < -0.3 is 9.15 Å². The van der Waals surface area contributed by atoms with E-state index in [1.165, 1.54) is 0 Å². The Morgan fingerprint density at radius 2 is 1.69 bits per heavy atom. The fourth-order valence-corrected chi connectivity index (χ4v) is 2.70. The summed E-state index contributed by atoms with van der Waals surface area (Å²) in [6.45, 7) is 3.96. The molecule has 0 amide bonds. The molecule has 0 fully saturated rings. The zero-order valence-electron chi connectivity index (χ0n) is 14.7. The molecule has 2 heterocycles. The van der Waals surface area contributed by atoms with Crippen molar-refractivity contribution in [1.82, 2.24) is 25.2 Å². The first-order chi connectivity index (χ1) is 12.7. The largest absolute Gasteiger partial charge is 0.497 e. The summed E-state index contributed by atoms with van der Waals surface area (Å²) in [5, 5.41) is 16.7. The van der Waals surface area contributed by atoms with E-state index in [1.807, 2.05) is 62.4 Å². The molecule has 0 aliphatic carbocycles. The van der Waals surface area contributed by atoms with Crippen molar-refractivity contribution in [3.63, 3.8) is 0 Å². The lowest BCUT2D eigenvalue weighted by Gasteiger charge is -2.03. The average molecular weight is 347 g/mol. The van der Waals surface area contributed by atoms with Crippen LogP contribution in [0.4, 0.5) is 0 Å². The average Bonchev–Trinajstić information content (AvgIpc) is 3.28. The highest BCUT2D eigenvalue weighted by molar-refractivity contribution is 5.58. The summed E-state index contributed by atoms with van der Waals surface area (Å²) in [6.07, 6.45) is 0. The molecule has 0 saturated heterocycles. The molecule has 4 aromatic rings. The fourth-order valence-electron chi connectivity index (χ4n) is 2.70. The third kappa shape index (κ3) is 2.83. The Morgan fingerprint density at radius 1 is 0.923 bits per heavy atom. The normalized spacial score (nSPS) is 10.9. The Hall–Kier alpha value is -3.48. The highest BCUT2D eigenvalue weighted by Crippen LogP contribution is 2.26. The van der Waals surface area contributed by atoms with Crippen molar-refractivity contribution in [3.05, 3.63) is 59.8 Å². The van der Waals surface area contributed by atoms with Crippen molar-refractivity contribution in [1.29, 1.82) is 0 Å². The molecule has 2 aromatic heterocycles. The van der Waals surface area contributed by atoms with Gasteiger partial charge in [-0.05, 0) is 55.8 Å². The first kappa shape index (κ1) is 16.0. The van der Waals surface area contributed by atoms with Crippen molar-refractivity contribution >= 4 is 0 Å². The minimum Gasteiger partial charge on any atom is -0.497 e. The Kier molecular flexibility index (Phi) is 3.96. The molecular formula is C19H17N5O2. The number of methoxy groups -OCH3 is 1. The molecule has 130 valence electrons. The molecule has 7 heteroatoms. The highest BCUT2D eigenvalue weighted by atomic mass is 16.5. The van der Waals surface area contributed by atoms with Crippen LogP contribution in [0.25, 0.3) is 28.7 Å². The number of rotatable bonds is 4. The van der Waals surface area contributed by atoms with Gasteiger partial charge in [-0.3, -0.25) is 0 Å². The number of aryl methyl sites for hydroxylation is 1. The summed E-state index contributed by atoms with van der Waals surface area (Å²) in [5.41, 5.74) is 4.31. The lowest BCUT2D eigenvalue weighted by Crippen LogP contribution is -1.99. The maximum absolute atomic E-state index is 5.80. The van der Waals surface area contributed by atoms with Crippen molar-refractivity contribution in [2.45, 2.75) is 13.8 Å². The molecule has 26 heavy (non-hydrogen) atoms. The van der Waals surface area contributed by atoms with E-state index in [1.54, 1.807) is 11.8 Å². The minimum absolute atomic E-state index is 0.340. The predicted molar refractivity (Wildman–Crippen MR) is 96.1 cm³/mol. The van der Waals surface area contributed by atoms with Crippen molar-refractivity contribution in [3.8, 4) is 34.5 Å². The Labute approximate surface area is 150 Å². The number of hydrogen-bond acceptors (Lipinski definition) is 6. The van der Waals surface area contributed by atoms with Gasteiger partial charge in [0.2, 0.25) is 5.89 Å². The minimum atomic E-state index is 0.340. The van der Waals surface area contributed by atoms with E-state index in [4.69, 9.17) is 9.15 Å². The maximum Gasteiger partial charge on any atom is 0.270 e. The number of ether oxygens (including phenoxy) is 1. The molecule has 0 spiro atoms. The molecule has 7 nitrogen and oxygen atoms in total. The summed E-state index contributed by atoms with van der Waals surface area (Å²) in [4.78, 5) is 0. The summed E-state index contributed by atoms with van der Waals surface area (Å²) in [5.74, 6) is 1.53. The second-order valence-corrected chi connectivity index (χ2v) is 5.92. The summed E-state index contributed by atoms with van der Waals surface area (Å²) < 4.78 is 12.7. The molecule has 4 rings (SSSR count). The fraction of sp³-hybridized carbons (Fsp3) is 0.158. The first-order valence-corrected chi connectivity index (χ1v) is 8.13. The van der Waals surface area contributed by atoms with Gasteiger partial charge >= 0.3 is 0 Å². The van der Waals surface area contributed by atoms with Gasteiger partial charge in [-0.25, -0.2) is 4.68 Å². The van der Waals surface area contributed by atoms with Gasteiger partial charge in [-0.1, -0.05) is 17.3 Å². The van der Waals surface area contributed by atoms with E-state index in [0.29, 0.717) is 17.5 Å². The van der Waals surface area contributed by atoms with Gasteiger partial charge in [0.1, 0.15) is 5.75 Å². The van der Waals surface area contributed by atoms with Crippen LogP contribution in [0.3, 0.4) is 0 Å². The smallest absolute Gasteiger partial charge is 0.270 e. The lowest BCUT2D eigenvalue weighted by molar-refractivity contribution is 0.415. The van der Waals surface area contributed by atoms with E-state index in [0.717, 1.165) is 28.3 Å². The van der Waals surface area contributed by atoms with Gasteiger partial charge in [0.15, 0.2) is 5.69 Å². The second-order valence-electron chi connectivity index (χ2n) is 5.92. The summed E-state index contributed by atoms with van der Waals surface area (Å²) >= 11 is 0. The Morgan fingerprint density at radius 3 is 2.42 bits per heavy atom. The van der Waals surface area contributed by atoms with E-state index >= 15 is 0 Å². The van der Waals surface area contributed by atoms with Gasteiger partial charge in [-0.15, -0.1) is 15.3 Å². The van der Waals surface area contributed by atoms with E-state index < -0.39 is 0 Å². The first-order valence-electron chi connectivity index (χ1n) is 8.13. The van der Waals surface area contributed by atoms with Crippen LogP contribution in [-0.4, -0.2) is 32.3 Å². The van der Waals surface area contributed by atoms with Crippen LogP contribution >= 0.6 is 0 Å².